The second-order valence-electron chi connectivity index (χ2n) is 5.71. The van der Waals surface area contributed by atoms with Crippen molar-refractivity contribution in [3.8, 4) is 0 Å². The highest BCUT2D eigenvalue weighted by Gasteiger charge is 2.17. The molecule has 1 aromatic carbocycles. The van der Waals surface area contributed by atoms with E-state index in [0.29, 0.717) is 12.0 Å². The van der Waals surface area contributed by atoms with E-state index in [-0.39, 0.29) is 0 Å². The molecule has 0 amide bonds. The lowest BCUT2D eigenvalue weighted by atomic mass is 9.96. The zero-order valence-corrected chi connectivity index (χ0v) is 12.3. The Hall–Kier alpha value is -0.860. The Morgan fingerprint density at radius 2 is 2.00 bits per heavy atom. The van der Waals surface area contributed by atoms with Gasteiger partial charge in [-0.3, -0.25) is 0 Å². The van der Waals surface area contributed by atoms with Crippen molar-refractivity contribution < 1.29 is 4.74 Å². The van der Waals surface area contributed by atoms with Gasteiger partial charge in [-0.1, -0.05) is 38.1 Å². The smallest absolute Gasteiger partial charge is 0.0720 e. The van der Waals surface area contributed by atoms with Gasteiger partial charge in [0.05, 0.1) is 12.7 Å². The fraction of sp³-hybridized carbons (Fsp3) is 0.647. The Morgan fingerprint density at radius 1 is 1.26 bits per heavy atom. The van der Waals surface area contributed by atoms with Gasteiger partial charge in [0.15, 0.2) is 0 Å². The largest absolute Gasteiger partial charge is 0.374 e. The molecule has 0 aromatic heterocycles. The summed E-state index contributed by atoms with van der Waals surface area (Å²) in [6.45, 7) is 7.42. The van der Waals surface area contributed by atoms with Gasteiger partial charge in [-0.2, -0.15) is 0 Å². The molecule has 106 valence electrons. The summed E-state index contributed by atoms with van der Waals surface area (Å²) >= 11 is 0. The Bertz CT molecular complexity index is 356. The number of hydrogen-bond acceptors (Lipinski definition) is 2. The first-order chi connectivity index (χ1) is 9.29. The summed E-state index contributed by atoms with van der Waals surface area (Å²) in [5.74, 6) is 0.577. The van der Waals surface area contributed by atoms with Crippen LogP contribution in [-0.2, 0) is 11.3 Å². The second kappa shape index (κ2) is 7.66. The van der Waals surface area contributed by atoms with Crippen LogP contribution in [0.3, 0.4) is 0 Å². The van der Waals surface area contributed by atoms with Gasteiger partial charge >= 0.3 is 0 Å². The molecule has 1 unspecified atom stereocenters. The van der Waals surface area contributed by atoms with Crippen molar-refractivity contribution in [1.82, 2.24) is 5.32 Å². The fourth-order valence-corrected chi connectivity index (χ4v) is 2.31. The third kappa shape index (κ3) is 4.63. The van der Waals surface area contributed by atoms with Gasteiger partial charge in [0, 0.05) is 6.54 Å². The summed E-state index contributed by atoms with van der Waals surface area (Å²) in [6.07, 6.45) is 5.56. The molecule has 0 aliphatic heterocycles. The second-order valence-corrected chi connectivity index (χ2v) is 5.71. The van der Waals surface area contributed by atoms with Gasteiger partial charge in [0.2, 0.25) is 0 Å². The minimum Gasteiger partial charge on any atom is -0.374 e. The van der Waals surface area contributed by atoms with Crippen molar-refractivity contribution in [2.75, 3.05) is 13.1 Å². The van der Waals surface area contributed by atoms with Crippen molar-refractivity contribution in [1.29, 1.82) is 0 Å². The van der Waals surface area contributed by atoms with E-state index in [2.05, 4.69) is 43.4 Å². The van der Waals surface area contributed by atoms with E-state index in [1.165, 1.54) is 36.8 Å². The van der Waals surface area contributed by atoms with Gasteiger partial charge in [0.25, 0.3) is 0 Å². The molecule has 0 heterocycles. The fourth-order valence-electron chi connectivity index (χ4n) is 2.31. The minimum atomic E-state index is 0.525. The van der Waals surface area contributed by atoms with Crippen LogP contribution < -0.4 is 5.32 Å². The summed E-state index contributed by atoms with van der Waals surface area (Å²) in [5.41, 5.74) is 2.71. The van der Waals surface area contributed by atoms with Crippen LogP contribution in [0.4, 0.5) is 0 Å². The van der Waals surface area contributed by atoms with E-state index in [1.807, 2.05) is 0 Å². The van der Waals surface area contributed by atoms with Crippen LogP contribution in [0.2, 0.25) is 0 Å². The normalized spacial score (nSPS) is 17.2. The van der Waals surface area contributed by atoms with Gasteiger partial charge < -0.3 is 10.1 Å². The molecule has 1 saturated carbocycles. The quantitative estimate of drug-likeness (QED) is 0.717. The van der Waals surface area contributed by atoms with E-state index in [9.17, 15) is 0 Å². The standard InChI is InChI=1S/C17H27NO/c1-3-11-18-12-14(2)16-9-7-15(8-10-16)13-19-17-5-4-6-17/h7-10,14,17-18H,3-6,11-13H2,1-2H3. The van der Waals surface area contributed by atoms with Crippen LogP contribution in [-0.4, -0.2) is 19.2 Å². The summed E-state index contributed by atoms with van der Waals surface area (Å²) in [6, 6.07) is 8.92. The van der Waals surface area contributed by atoms with E-state index in [0.717, 1.165) is 19.7 Å². The molecule has 1 fully saturated rings. The molecule has 1 aliphatic carbocycles. The summed E-state index contributed by atoms with van der Waals surface area (Å²) < 4.78 is 5.83. The third-order valence-electron chi connectivity index (χ3n) is 3.96. The summed E-state index contributed by atoms with van der Waals surface area (Å²) in [5, 5.41) is 3.48. The highest BCUT2D eigenvalue weighted by molar-refractivity contribution is 5.25. The molecule has 2 rings (SSSR count). The average Bonchev–Trinajstić information content (AvgIpc) is 2.38. The van der Waals surface area contributed by atoms with Crippen molar-refractivity contribution in [3.63, 3.8) is 0 Å². The Balaban J connectivity index is 1.76. The molecule has 2 nitrogen and oxygen atoms in total. The number of benzene rings is 1. The molecule has 2 heteroatoms. The molecule has 0 saturated heterocycles. The monoisotopic (exact) mass is 261 g/mol. The zero-order valence-electron chi connectivity index (χ0n) is 12.3. The summed E-state index contributed by atoms with van der Waals surface area (Å²) in [7, 11) is 0. The number of ether oxygens (including phenoxy) is 1. The first kappa shape index (κ1) is 14.5. The van der Waals surface area contributed by atoms with Crippen LogP contribution in [0.25, 0.3) is 0 Å². The van der Waals surface area contributed by atoms with Crippen molar-refractivity contribution in [2.24, 2.45) is 0 Å². The zero-order chi connectivity index (χ0) is 13.5. The Labute approximate surface area is 117 Å². The van der Waals surface area contributed by atoms with Gasteiger partial charge in [-0.25, -0.2) is 0 Å². The molecule has 0 bridgehead atoms. The molecule has 19 heavy (non-hydrogen) atoms. The topological polar surface area (TPSA) is 21.3 Å². The number of hydrogen-bond donors (Lipinski definition) is 1. The predicted molar refractivity (Wildman–Crippen MR) is 80.4 cm³/mol. The van der Waals surface area contributed by atoms with Crippen LogP contribution in [0, 0.1) is 0 Å². The van der Waals surface area contributed by atoms with Crippen LogP contribution in [0.15, 0.2) is 24.3 Å². The lowest BCUT2D eigenvalue weighted by Crippen LogP contribution is -2.21. The maximum Gasteiger partial charge on any atom is 0.0720 e. The molecular formula is C17H27NO. The molecular weight excluding hydrogens is 234 g/mol. The van der Waals surface area contributed by atoms with Crippen molar-refractivity contribution in [2.45, 2.75) is 58.2 Å². The predicted octanol–water partition coefficient (Wildman–Crippen LogP) is 3.86. The summed E-state index contributed by atoms with van der Waals surface area (Å²) in [4.78, 5) is 0. The van der Waals surface area contributed by atoms with E-state index >= 15 is 0 Å². The van der Waals surface area contributed by atoms with Crippen LogP contribution >= 0.6 is 0 Å². The molecule has 0 spiro atoms. The lowest BCUT2D eigenvalue weighted by Gasteiger charge is -2.25. The van der Waals surface area contributed by atoms with Crippen molar-refractivity contribution >= 4 is 0 Å². The van der Waals surface area contributed by atoms with Crippen LogP contribution in [0.1, 0.15) is 56.6 Å². The van der Waals surface area contributed by atoms with Gasteiger partial charge in [-0.15, -0.1) is 0 Å². The van der Waals surface area contributed by atoms with E-state index < -0.39 is 0 Å². The van der Waals surface area contributed by atoms with E-state index in [1.54, 1.807) is 0 Å². The maximum absolute atomic E-state index is 5.83. The molecule has 1 aliphatic rings. The first-order valence-corrected chi connectivity index (χ1v) is 7.70. The van der Waals surface area contributed by atoms with Crippen LogP contribution in [0.5, 0.6) is 0 Å². The average molecular weight is 261 g/mol. The molecule has 1 atom stereocenters. The lowest BCUT2D eigenvalue weighted by molar-refractivity contribution is -0.00866. The first-order valence-electron chi connectivity index (χ1n) is 7.70. The SMILES string of the molecule is CCCNCC(C)c1ccc(COC2CCC2)cc1. The van der Waals surface area contributed by atoms with Crippen molar-refractivity contribution in [3.05, 3.63) is 35.4 Å². The number of nitrogens with one attached hydrogen (secondary N) is 1. The molecule has 1 aromatic rings. The minimum absolute atomic E-state index is 0.525. The molecule has 1 N–H and O–H groups in total. The molecule has 0 radical (unpaired) electrons. The number of rotatable bonds is 8. The Kier molecular flexibility index (Phi) is 5.87. The Morgan fingerprint density at radius 3 is 2.58 bits per heavy atom. The highest BCUT2D eigenvalue weighted by Crippen LogP contribution is 2.23. The van der Waals surface area contributed by atoms with Gasteiger partial charge in [-0.05, 0) is 49.3 Å². The maximum atomic E-state index is 5.83. The third-order valence-corrected chi connectivity index (χ3v) is 3.96. The van der Waals surface area contributed by atoms with Gasteiger partial charge in [0.1, 0.15) is 0 Å². The highest BCUT2D eigenvalue weighted by atomic mass is 16.5. The van der Waals surface area contributed by atoms with E-state index in [4.69, 9.17) is 4.74 Å².